The van der Waals surface area contributed by atoms with Gasteiger partial charge in [-0.05, 0) is 86.4 Å². The second kappa shape index (κ2) is 10.2. The van der Waals surface area contributed by atoms with Gasteiger partial charge >= 0.3 is 0 Å². The van der Waals surface area contributed by atoms with Crippen LogP contribution in [0.2, 0.25) is 0 Å². The number of carbonyl (C=O) groups is 1. The Balaban J connectivity index is 1.24. The average molecular weight is 467 g/mol. The first kappa shape index (κ1) is 22.9. The molecule has 2 atom stereocenters. The fourth-order valence-corrected chi connectivity index (χ4v) is 4.60. The molecule has 5 rings (SSSR count). The first-order valence-electron chi connectivity index (χ1n) is 12.1. The second-order valence-corrected chi connectivity index (χ2v) is 9.17. The first-order valence-corrected chi connectivity index (χ1v) is 12.1. The Labute approximate surface area is 205 Å². The lowest BCUT2D eigenvalue weighted by atomic mass is 10.0. The largest absolute Gasteiger partial charge is 0.348 e. The summed E-state index contributed by atoms with van der Waals surface area (Å²) in [7, 11) is 2.03. The Morgan fingerprint density at radius 2 is 1.83 bits per heavy atom. The molecule has 2 N–H and O–H groups in total. The Morgan fingerprint density at radius 1 is 1.03 bits per heavy atom. The number of nitrogens with one attached hydrogen (secondary N) is 2. The summed E-state index contributed by atoms with van der Waals surface area (Å²) in [5, 5.41) is 7.43. The minimum absolute atomic E-state index is 0.0297. The number of benzene rings is 2. The van der Waals surface area contributed by atoms with Crippen LogP contribution in [0.5, 0.6) is 0 Å². The van der Waals surface area contributed by atoms with E-state index < -0.39 is 0 Å². The number of amides is 1. The zero-order valence-corrected chi connectivity index (χ0v) is 20.1. The molecule has 3 heterocycles. The lowest BCUT2D eigenvalue weighted by molar-refractivity contribution is -0.127. The summed E-state index contributed by atoms with van der Waals surface area (Å²) in [5.74, 6) is 0.655. The van der Waals surface area contributed by atoms with Crippen molar-refractivity contribution in [1.82, 2.24) is 25.2 Å². The molecular weight excluding hydrogens is 436 g/mol. The Hall–Kier alpha value is -3.84. The molecule has 0 radical (unpaired) electrons. The van der Waals surface area contributed by atoms with Gasteiger partial charge in [0.1, 0.15) is 0 Å². The smallest absolute Gasteiger partial charge is 0.237 e. The van der Waals surface area contributed by atoms with Gasteiger partial charge in [0.05, 0.1) is 17.6 Å². The van der Waals surface area contributed by atoms with Gasteiger partial charge in [0.2, 0.25) is 11.9 Å². The molecule has 35 heavy (non-hydrogen) atoms. The highest BCUT2D eigenvalue weighted by molar-refractivity contribution is 5.85. The first-order chi connectivity index (χ1) is 17.1. The number of hydrogen-bond donors (Lipinski definition) is 2. The number of carbonyl (C=O) groups excluding carboxylic acids is 1. The van der Waals surface area contributed by atoms with Gasteiger partial charge < -0.3 is 10.6 Å². The fraction of sp³-hybridized carbons (Fsp3) is 0.286. The van der Waals surface area contributed by atoms with Gasteiger partial charge in [-0.15, -0.1) is 0 Å². The lowest BCUT2D eigenvalue weighted by Crippen LogP contribution is -2.48. The summed E-state index contributed by atoms with van der Waals surface area (Å²) in [5.41, 5.74) is 5.05. The van der Waals surface area contributed by atoms with Crippen molar-refractivity contribution < 1.29 is 4.79 Å². The van der Waals surface area contributed by atoms with Crippen LogP contribution in [-0.4, -0.2) is 45.4 Å². The molecule has 1 aliphatic heterocycles. The third-order valence-corrected chi connectivity index (χ3v) is 6.69. The van der Waals surface area contributed by atoms with Gasteiger partial charge in [0.15, 0.2) is 0 Å². The molecule has 0 saturated carbocycles. The Kier molecular flexibility index (Phi) is 6.68. The zero-order valence-electron chi connectivity index (χ0n) is 20.1. The van der Waals surface area contributed by atoms with Crippen molar-refractivity contribution in [2.24, 2.45) is 0 Å². The van der Waals surface area contributed by atoms with Crippen LogP contribution in [0.3, 0.4) is 0 Å². The maximum absolute atomic E-state index is 12.7. The number of piperidine rings is 1. The summed E-state index contributed by atoms with van der Waals surface area (Å²) in [4.78, 5) is 28.1. The van der Waals surface area contributed by atoms with Crippen LogP contribution in [0.4, 0.5) is 11.6 Å². The number of likely N-dealkylation sites (N-methyl/N-ethyl adjacent to an activating group) is 1. The molecule has 1 fully saturated rings. The van der Waals surface area contributed by atoms with Crippen LogP contribution in [0.1, 0.15) is 37.8 Å². The molecule has 7 heteroatoms. The van der Waals surface area contributed by atoms with E-state index in [1.165, 1.54) is 0 Å². The second-order valence-electron chi connectivity index (χ2n) is 9.17. The van der Waals surface area contributed by atoms with E-state index in [0.717, 1.165) is 59.1 Å². The van der Waals surface area contributed by atoms with Crippen LogP contribution in [-0.2, 0) is 4.79 Å². The molecule has 0 bridgehead atoms. The fourth-order valence-electron chi connectivity index (χ4n) is 4.60. The lowest BCUT2D eigenvalue weighted by Gasteiger charge is -2.32. The summed E-state index contributed by atoms with van der Waals surface area (Å²) in [6.45, 7) is 3.01. The molecule has 1 amide bonds. The van der Waals surface area contributed by atoms with E-state index in [1.807, 2.05) is 62.6 Å². The van der Waals surface area contributed by atoms with Gasteiger partial charge in [-0.3, -0.25) is 14.7 Å². The number of aromatic nitrogens is 3. The number of fused-ring (bicyclic) bond motifs is 1. The molecule has 4 aromatic rings. The van der Waals surface area contributed by atoms with E-state index in [1.54, 1.807) is 12.4 Å². The SMILES string of the molecule is C[C@@H](NC(=O)[C@H]1CCCCN1C)c1ccc(Nc2ncc3cc(-c4ccncc4)ccc3n2)cc1. The third-order valence-electron chi connectivity index (χ3n) is 6.69. The Bertz CT molecular complexity index is 1310. The molecule has 7 nitrogen and oxygen atoms in total. The normalized spacial score (nSPS) is 17.1. The molecule has 178 valence electrons. The van der Waals surface area contributed by atoms with Crippen molar-refractivity contribution in [3.05, 3.63) is 78.8 Å². The van der Waals surface area contributed by atoms with Crippen molar-refractivity contribution in [3.63, 3.8) is 0 Å². The van der Waals surface area contributed by atoms with Crippen LogP contribution < -0.4 is 10.6 Å². The third kappa shape index (κ3) is 5.30. The molecule has 0 spiro atoms. The Morgan fingerprint density at radius 3 is 2.60 bits per heavy atom. The van der Waals surface area contributed by atoms with Crippen molar-refractivity contribution in [2.75, 3.05) is 18.9 Å². The van der Waals surface area contributed by atoms with Crippen molar-refractivity contribution >= 4 is 28.4 Å². The van der Waals surface area contributed by atoms with Crippen LogP contribution in [0, 0.1) is 0 Å². The average Bonchev–Trinajstić information content (AvgIpc) is 2.89. The van der Waals surface area contributed by atoms with E-state index in [0.29, 0.717) is 5.95 Å². The van der Waals surface area contributed by atoms with E-state index >= 15 is 0 Å². The van der Waals surface area contributed by atoms with Gasteiger partial charge in [-0.1, -0.05) is 24.6 Å². The van der Waals surface area contributed by atoms with Crippen LogP contribution >= 0.6 is 0 Å². The predicted molar refractivity (Wildman–Crippen MR) is 139 cm³/mol. The van der Waals surface area contributed by atoms with Gasteiger partial charge in [-0.25, -0.2) is 9.97 Å². The number of hydrogen-bond acceptors (Lipinski definition) is 6. The number of pyridine rings is 1. The van der Waals surface area contributed by atoms with Crippen LogP contribution in [0.15, 0.2) is 73.2 Å². The van der Waals surface area contributed by atoms with Gasteiger partial charge in [-0.2, -0.15) is 0 Å². The molecule has 1 saturated heterocycles. The highest BCUT2D eigenvalue weighted by atomic mass is 16.2. The molecule has 2 aromatic carbocycles. The van der Waals surface area contributed by atoms with Gasteiger partial charge in [0, 0.05) is 29.7 Å². The molecule has 1 aliphatic rings. The predicted octanol–water partition coefficient (Wildman–Crippen LogP) is 5.10. The van der Waals surface area contributed by atoms with E-state index in [9.17, 15) is 4.79 Å². The van der Waals surface area contributed by atoms with Crippen LogP contribution in [0.25, 0.3) is 22.0 Å². The highest BCUT2D eigenvalue weighted by Crippen LogP contribution is 2.25. The summed E-state index contributed by atoms with van der Waals surface area (Å²) in [6.07, 6.45) is 8.62. The van der Waals surface area contributed by atoms with E-state index in [-0.39, 0.29) is 18.0 Å². The number of rotatable bonds is 6. The van der Waals surface area contributed by atoms with E-state index in [2.05, 4.69) is 42.6 Å². The highest BCUT2D eigenvalue weighted by Gasteiger charge is 2.26. The standard InChI is InChI=1S/C28H30N6O/c1-19(31-27(35)26-5-3-4-16-34(26)2)20-6-9-24(10-7-20)32-28-30-18-23-17-22(8-11-25(23)33-28)21-12-14-29-15-13-21/h6-15,17-19,26H,3-5,16H2,1-2H3,(H,31,35)(H,30,32,33)/t19-,26-/m1/s1. The molecule has 2 aromatic heterocycles. The van der Waals surface area contributed by atoms with Crippen molar-refractivity contribution in [3.8, 4) is 11.1 Å². The van der Waals surface area contributed by atoms with Crippen molar-refractivity contribution in [2.45, 2.75) is 38.3 Å². The molecule has 0 aliphatic carbocycles. The minimum atomic E-state index is -0.0570. The number of nitrogens with zero attached hydrogens (tertiary/aromatic N) is 4. The monoisotopic (exact) mass is 466 g/mol. The van der Waals surface area contributed by atoms with E-state index in [4.69, 9.17) is 0 Å². The minimum Gasteiger partial charge on any atom is -0.348 e. The topological polar surface area (TPSA) is 83.0 Å². The summed E-state index contributed by atoms with van der Waals surface area (Å²) in [6, 6.07) is 18.1. The molecular formula is C28H30N6O. The zero-order chi connectivity index (χ0) is 24.2. The van der Waals surface area contributed by atoms with Crippen molar-refractivity contribution in [1.29, 1.82) is 0 Å². The molecule has 0 unspecified atom stereocenters. The quantitative estimate of drug-likeness (QED) is 0.412. The summed E-state index contributed by atoms with van der Waals surface area (Å²) >= 11 is 0. The summed E-state index contributed by atoms with van der Waals surface area (Å²) < 4.78 is 0. The number of likely N-dealkylation sites (tertiary alicyclic amines) is 1. The number of anilines is 2. The van der Waals surface area contributed by atoms with Gasteiger partial charge in [0.25, 0.3) is 0 Å². The maximum Gasteiger partial charge on any atom is 0.237 e. The maximum atomic E-state index is 12.7.